The number of hydrogen-bond donors (Lipinski definition) is 4. The Labute approximate surface area is 81.2 Å². The fourth-order valence-corrected chi connectivity index (χ4v) is 0.691. The number of hydroxylamine groups is 1. The van der Waals surface area contributed by atoms with Crippen LogP contribution in [0.5, 0.6) is 5.88 Å². The largest absolute Gasteiger partial charge is 0.493 e. The van der Waals surface area contributed by atoms with E-state index >= 15 is 0 Å². The molecule has 78 valence electrons. The van der Waals surface area contributed by atoms with Crippen molar-refractivity contribution in [1.29, 1.82) is 0 Å². The van der Waals surface area contributed by atoms with Crippen LogP contribution in [0.3, 0.4) is 0 Å². The van der Waals surface area contributed by atoms with Crippen molar-refractivity contribution in [2.24, 2.45) is 0 Å². The fourth-order valence-electron chi connectivity index (χ4n) is 0.691. The van der Waals surface area contributed by atoms with Crippen LogP contribution in [-0.4, -0.2) is 21.1 Å². The van der Waals surface area contributed by atoms with Crippen molar-refractivity contribution < 1.29 is 10.0 Å². The van der Waals surface area contributed by atoms with Crippen LogP contribution in [0.1, 0.15) is 13.8 Å². The summed E-state index contributed by atoms with van der Waals surface area (Å²) in [5.41, 5.74) is 10.4. The molecule has 0 amide bonds. The first-order valence-electron chi connectivity index (χ1n) is 4.09. The molecule has 1 aromatic rings. The highest BCUT2D eigenvalue weighted by Gasteiger charge is 2.01. The molecule has 0 aliphatic rings. The summed E-state index contributed by atoms with van der Waals surface area (Å²) in [6.07, 6.45) is 0. The number of aromatic nitrogens is 2. The zero-order chi connectivity index (χ0) is 10.6. The van der Waals surface area contributed by atoms with Crippen molar-refractivity contribution in [2.75, 3.05) is 11.2 Å². The van der Waals surface area contributed by atoms with Crippen molar-refractivity contribution in [3.63, 3.8) is 0 Å². The Hall–Kier alpha value is -1.60. The van der Waals surface area contributed by atoms with Gasteiger partial charge >= 0.3 is 0 Å². The lowest BCUT2D eigenvalue weighted by Crippen LogP contribution is -2.26. The smallest absolute Gasteiger partial charge is 0.253 e. The van der Waals surface area contributed by atoms with Crippen LogP contribution in [0.2, 0.25) is 0 Å². The number of hydrogen-bond acceptors (Lipinski definition) is 7. The van der Waals surface area contributed by atoms with Gasteiger partial charge in [0.2, 0.25) is 5.88 Å². The van der Waals surface area contributed by atoms with Crippen LogP contribution in [0.4, 0.5) is 11.8 Å². The van der Waals surface area contributed by atoms with Gasteiger partial charge in [-0.2, -0.15) is 20.4 Å². The summed E-state index contributed by atoms with van der Waals surface area (Å²) in [5, 5.41) is 9.06. The van der Waals surface area contributed by atoms with E-state index in [1.165, 1.54) is 6.07 Å². The highest BCUT2D eigenvalue weighted by Crippen LogP contribution is 2.11. The van der Waals surface area contributed by atoms with Gasteiger partial charge in [0.15, 0.2) is 0 Å². The molecular weight excluding hydrogens is 186 g/mol. The van der Waals surface area contributed by atoms with Crippen LogP contribution >= 0.6 is 0 Å². The van der Waals surface area contributed by atoms with Crippen LogP contribution in [0.25, 0.3) is 0 Å². The molecule has 0 atom stereocenters. The average molecular weight is 199 g/mol. The molecule has 0 saturated carbocycles. The first-order chi connectivity index (χ1) is 6.58. The van der Waals surface area contributed by atoms with E-state index in [9.17, 15) is 0 Å². The van der Waals surface area contributed by atoms with Gasteiger partial charge in [-0.3, -0.25) is 0 Å². The van der Waals surface area contributed by atoms with Gasteiger partial charge in [0.05, 0.1) is 0 Å². The Morgan fingerprint density at radius 3 is 2.79 bits per heavy atom. The molecule has 0 radical (unpaired) electrons. The molecule has 0 aliphatic heterocycles. The maximum absolute atomic E-state index is 9.06. The highest BCUT2D eigenvalue weighted by atomic mass is 16.8. The Bertz CT molecular complexity index is 284. The molecule has 0 saturated heterocycles. The zero-order valence-corrected chi connectivity index (χ0v) is 7.98. The first kappa shape index (κ1) is 10.5. The van der Waals surface area contributed by atoms with Crippen molar-refractivity contribution in [2.45, 2.75) is 19.9 Å². The Morgan fingerprint density at radius 2 is 2.21 bits per heavy atom. The molecule has 0 bridgehead atoms. The monoisotopic (exact) mass is 199 g/mol. The van der Waals surface area contributed by atoms with E-state index in [0.29, 0.717) is 0 Å². The lowest BCUT2D eigenvalue weighted by Gasteiger charge is -2.08. The van der Waals surface area contributed by atoms with E-state index in [-0.39, 0.29) is 23.7 Å². The molecule has 7 nitrogen and oxygen atoms in total. The van der Waals surface area contributed by atoms with Crippen LogP contribution in [-0.2, 0) is 4.94 Å². The number of aromatic hydroxyl groups is 1. The predicted octanol–water partition coefficient (Wildman–Crippen LogP) is 0.0209. The van der Waals surface area contributed by atoms with E-state index in [0.717, 1.165) is 0 Å². The maximum atomic E-state index is 9.06. The summed E-state index contributed by atoms with van der Waals surface area (Å²) in [4.78, 5) is 12.2. The Balaban J connectivity index is 2.50. The van der Waals surface area contributed by atoms with E-state index < -0.39 is 0 Å². The van der Waals surface area contributed by atoms with Gasteiger partial charge in [-0.15, -0.1) is 0 Å². The molecular formula is C7H13N5O2. The van der Waals surface area contributed by atoms with Crippen molar-refractivity contribution >= 4 is 11.8 Å². The van der Waals surface area contributed by atoms with Crippen LogP contribution in [0.15, 0.2) is 6.07 Å². The molecule has 0 aliphatic carbocycles. The number of nitrogens with two attached hydrogens (primary N) is 1. The Morgan fingerprint density at radius 1 is 1.50 bits per heavy atom. The summed E-state index contributed by atoms with van der Waals surface area (Å²) in [5.74, 6) is 0.0388. The van der Waals surface area contributed by atoms with Gasteiger partial charge in [0.1, 0.15) is 5.82 Å². The Kier molecular flexibility index (Phi) is 3.43. The second-order valence-corrected chi connectivity index (χ2v) is 2.95. The number of nitrogens with one attached hydrogen (secondary N) is 2. The number of nitrogens with zero attached hydrogens (tertiary/aromatic N) is 2. The van der Waals surface area contributed by atoms with Crippen LogP contribution < -0.4 is 16.7 Å². The molecule has 0 spiro atoms. The zero-order valence-electron chi connectivity index (χ0n) is 7.98. The normalized spacial score (nSPS) is 10.5. The highest BCUT2D eigenvalue weighted by molar-refractivity contribution is 5.39. The maximum Gasteiger partial charge on any atom is 0.253 e. The van der Waals surface area contributed by atoms with Gasteiger partial charge in [-0.05, 0) is 13.8 Å². The molecule has 0 unspecified atom stereocenters. The second kappa shape index (κ2) is 4.58. The third kappa shape index (κ3) is 3.42. The summed E-state index contributed by atoms with van der Waals surface area (Å²) in [7, 11) is 0. The van der Waals surface area contributed by atoms with Crippen molar-refractivity contribution in [1.82, 2.24) is 15.4 Å². The van der Waals surface area contributed by atoms with E-state index in [1.54, 1.807) is 0 Å². The summed E-state index contributed by atoms with van der Waals surface area (Å²) >= 11 is 0. The lowest BCUT2D eigenvalue weighted by atomic mass is 10.4. The standard InChI is InChI=1S/C7H13N5O2/c1-4(2)11-14-12-7-9-5(8)3-6(13)10-7/h3-4,11H,1-2H3,(H4,8,9,10,12,13). The molecule has 0 aromatic carbocycles. The van der Waals surface area contributed by atoms with Crippen molar-refractivity contribution in [3.05, 3.63) is 6.07 Å². The summed E-state index contributed by atoms with van der Waals surface area (Å²) in [6.45, 7) is 3.80. The SMILES string of the molecule is CC(C)NONc1nc(N)cc(O)n1. The lowest BCUT2D eigenvalue weighted by molar-refractivity contribution is 0.0664. The first-order valence-corrected chi connectivity index (χ1v) is 4.09. The minimum absolute atomic E-state index is 0.0932. The number of rotatable bonds is 4. The summed E-state index contributed by atoms with van der Waals surface area (Å²) < 4.78 is 0. The van der Waals surface area contributed by atoms with E-state index in [4.69, 9.17) is 15.8 Å². The topological polar surface area (TPSA) is 105 Å². The molecule has 1 heterocycles. The average Bonchev–Trinajstić information content (AvgIpc) is 2.01. The van der Waals surface area contributed by atoms with Gasteiger partial charge in [0, 0.05) is 12.1 Å². The summed E-state index contributed by atoms with van der Waals surface area (Å²) in [6, 6.07) is 1.39. The molecule has 0 fully saturated rings. The molecule has 1 aromatic heterocycles. The number of anilines is 2. The fraction of sp³-hybridized carbons (Fsp3) is 0.429. The molecule has 5 N–H and O–H groups in total. The van der Waals surface area contributed by atoms with E-state index in [2.05, 4.69) is 20.9 Å². The van der Waals surface area contributed by atoms with Gasteiger partial charge < -0.3 is 10.8 Å². The third-order valence-corrected chi connectivity index (χ3v) is 1.17. The van der Waals surface area contributed by atoms with Gasteiger partial charge in [0.25, 0.3) is 5.95 Å². The second-order valence-electron chi connectivity index (χ2n) is 2.95. The predicted molar refractivity (Wildman–Crippen MR) is 51.1 cm³/mol. The minimum Gasteiger partial charge on any atom is -0.493 e. The third-order valence-electron chi connectivity index (χ3n) is 1.17. The van der Waals surface area contributed by atoms with Gasteiger partial charge in [-0.1, -0.05) is 0 Å². The van der Waals surface area contributed by atoms with Gasteiger partial charge in [-0.25, -0.2) is 5.48 Å². The quantitative estimate of drug-likeness (QED) is 0.506. The van der Waals surface area contributed by atoms with E-state index in [1.807, 2.05) is 13.8 Å². The molecule has 14 heavy (non-hydrogen) atoms. The molecule has 1 rings (SSSR count). The van der Waals surface area contributed by atoms with Crippen LogP contribution in [0, 0.1) is 0 Å². The van der Waals surface area contributed by atoms with Crippen molar-refractivity contribution in [3.8, 4) is 5.88 Å². The molecule has 7 heteroatoms. The minimum atomic E-state index is -0.215. The number of nitrogen functional groups attached to an aromatic ring is 1.